The number of hydrogen-bond acceptors (Lipinski definition) is 8. The van der Waals surface area contributed by atoms with Gasteiger partial charge < -0.3 is 19.7 Å². The summed E-state index contributed by atoms with van der Waals surface area (Å²) in [5.74, 6) is -5.47. The van der Waals surface area contributed by atoms with Gasteiger partial charge in [0.25, 0.3) is 0 Å². The molecule has 4 aliphatic rings. The molecule has 0 aromatic rings. The minimum atomic E-state index is -1.12. The normalized spacial score (nSPS) is 35.9. The van der Waals surface area contributed by atoms with E-state index in [1.165, 1.54) is 0 Å². The first-order chi connectivity index (χ1) is 16.0. The maximum Gasteiger partial charge on any atom is 0.540 e. The number of fused-ring (bicyclic) bond motifs is 4. The van der Waals surface area contributed by atoms with Gasteiger partial charge in [-0.2, -0.15) is 4.89 Å². The zero-order valence-corrected chi connectivity index (χ0v) is 19.3. The van der Waals surface area contributed by atoms with Gasteiger partial charge in [0.2, 0.25) is 0 Å². The average Bonchev–Trinajstić information content (AvgIpc) is 3.50. The molecule has 34 heavy (non-hydrogen) atoms. The molecule has 0 radical (unpaired) electrons. The monoisotopic (exact) mass is 478 g/mol. The molecule has 0 aliphatic heterocycles. The van der Waals surface area contributed by atoms with Gasteiger partial charge in [0.1, 0.15) is 17.8 Å². The van der Waals surface area contributed by atoms with Crippen molar-refractivity contribution in [2.75, 3.05) is 0 Å². The Labute approximate surface area is 196 Å². The van der Waals surface area contributed by atoms with Gasteiger partial charge in [0.05, 0.1) is 17.8 Å². The Hall–Kier alpha value is -2.88. The van der Waals surface area contributed by atoms with E-state index in [-0.39, 0.29) is 30.1 Å². The third kappa shape index (κ3) is 4.68. The molecule has 4 aliphatic carbocycles. The Kier molecular flexibility index (Phi) is 6.46. The minimum Gasteiger partial charge on any atom is -0.481 e. The van der Waals surface area contributed by atoms with Crippen LogP contribution in [-0.2, 0) is 33.6 Å². The molecule has 9 unspecified atom stereocenters. The molecular formula is C24H30O10. The lowest BCUT2D eigenvalue weighted by Gasteiger charge is -2.29. The Morgan fingerprint density at radius 1 is 0.882 bits per heavy atom. The summed E-state index contributed by atoms with van der Waals surface area (Å²) in [6, 6.07) is 0. The van der Waals surface area contributed by atoms with Crippen LogP contribution >= 0.6 is 0 Å². The number of carboxylic acids is 2. The van der Waals surface area contributed by atoms with E-state index in [0.717, 1.165) is 0 Å². The van der Waals surface area contributed by atoms with E-state index >= 15 is 0 Å². The van der Waals surface area contributed by atoms with Crippen LogP contribution in [-0.4, -0.2) is 52.1 Å². The summed E-state index contributed by atoms with van der Waals surface area (Å²) in [7, 11) is 0. The number of carbonyl (C=O) groups is 4. The summed E-state index contributed by atoms with van der Waals surface area (Å²) in [6.07, 6.45) is 6.30. The molecule has 186 valence electrons. The molecule has 0 saturated heterocycles. The number of carboxylic acid groups (broad SMARTS) is 2. The van der Waals surface area contributed by atoms with Crippen LogP contribution in [0, 0.1) is 41.4 Å². The van der Waals surface area contributed by atoms with E-state index in [2.05, 4.69) is 0 Å². The molecule has 0 amide bonds. The summed E-state index contributed by atoms with van der Waals surface area (Å²) < 4.78 is 10.8. The molecule has 2 saturated carbocycles. The fourth-order valence-corrected chi connectivity index (χ4v) is 6.10. The SMILES string of the molecule is CC(CC(C)(C)OC(=O)OOC1C2C=CC(C2)C1C(=O)O)OC(=O)C1C2C=CC(C2)C1C(=O)O. The van der Waals surface area contributed by atoms with Crippen molar-refractivity contribution in [1.82, 2.24) is 0 Å². The van der Waals surface area contributed by atoms with Crippen LogP contribution in [0.4, 0.5) is 4.79 Å². The van der Waals surface area contributed by atoms with Crippen molar-refractivity contribution in [2.45, 2.75) is 57.8 Å². The fraction of sp³-hybridized carbons (Fsp3) is 0.667. The third-order valence-corrected chi connectivity index (χ3v) is 7.37. The molecule has 0 aromatic heterocycles. The second kappa shape index (κ2) is 9.05. The summed E-state index contributed by atoms with van der Waals surface area (Å²) in [5, 5.41) is 18.9. The highest BCUT2D eigenvalue weighted by atomic mass is 17.2. The van der Waals surface area contributed by atoms with Gasteiger partial charge in [-0.3, -0.25) is 19.3 Å². The van der Waals surface area contributed by atoms with Crippen molar-refractivity contribution < 1.29 is 48.6 Å². The maximum absolute atomic E-state index is 12.7. The molecule has 0 heterocycles. The standard InChI is InChI=1S/C24H30O10/c1-11(31-22(29)17-13-5-4-12(8-13)16(17)20(25)26)10-24(2,3)32-23(30)34-33-19-15-7-6-14(9-15)18(19)21(27)28/h4-7,11-19H,8-10H2,1-3H3,(H,25,26)(H,27,28). The topological polar surface area (TPSA) is 146 Å². The minimum absolute atomic E-state index is 0.136. The third-order valence-electron chi connectivity index (χ3n) is 7.37. The molecule has 2 N–H and O–H groups in total. The van der Waals surface area contributed by atoms with E-state index in [0.29, 0.717) is 12.8 Å². The molecule has 4 rings (SSSR count). The lowest BCUT2D eigenvalue weighted by atomic mass is 9.83. The van der Waals surface area contributed by atoms with Crippen LogP contribution in [0.1, 0.15) is 40.0 Å². The molecular weight excluding hydrogens is 448 g/mol. The number of ether oxygens (including phenoxy) is 2. The number of hydrogen-bond donors (Lipinski definition) is 2. The first kappa shape index (κ1) is 24.3. The van der Waals surface area contributed by atoms with Gasteiger partial charge in [0.15, 0.2) is 0 Å². The Bertz CT molecular complexity index is 921. The van der Waals surface area contributed by atoms with Gasteiger partial charge in [-0.15, -0.1) is 0 Å². The molecule has 2 fully saturated rings. The van der Waals surface area contributed by atoms with Gasteiger partial charge in [0, 0.05) is 12.3 Å². The number of aliphatic carboxylic acids is 2. The Balaban J connectivity index is 1.26. The van der Waals surface area contributed by atoms with Crippen LogP contribution in [0.3, 0.4) is 0 Å². The second-order valence-corrected chi connectivity index (χ2v) is 10.4. The summed E-state index contributed by atoms with van der Waals surface area (Å²) in [5.41, 5.74) is -1.10. The predicted octanol–water partition coefficient (Wildman–Crippen LogP) is 2.97. The fourth-order valence-electron chi connectivity index (χ4n) is 6.10. The predicted molar refractivity (Wildman–Crippen MR) is 114 cm³/mol. The molecule has 0 aromatic carbocycles. The van der Waals surface area contributed by atoms with Gasteiger partial charge in [-0.1, -0.05) is 24.3 Å². The largest absolute Gasteiger partial charge is 0.540 e. The summed E-state index contributed by atoms with van der Waals surface area (Å²) in [4.78, 5) is 58.0. The van der Waals surface area contributed by atoms with Crippen LogP contribution in [0.2, 0.25) is 0 Å². The highest BCUT2D eigenvalue weighted by Crippen LogP contribution is 2.49. The van der Waals surface area contributed by atoms with E-state index in [4.69, 9.17) is 19.2 Å². The summed E-state index contributed by atoms with van der Waals surface area (Å²) in [6.45, 7) is 4.86. The molecule has 9 atom stereocenters. The van der Waals surface area contributed by atoms with E-state index in [1.54, 1.807) is 20.8 Å². The second-order valence-electron chi connectivity index (χ2n) is 10.4. The smallest absolute Gasteiger partial charge is 0.481 e. The average molecular weight is 478 g/mol. The van der Waals surface area contributed by atoms with Crippen molar-refractivity contribution in [2.24, 2.45) is 41.4 Å². The maximum atomic E-state index is 12.7. The Morgan fingerprint density at radius 3 is 2.03 bits per heavy atom. The van der Waals surface area contributed by atoms with Crippen LogP contribution in [0.5, 0.6) is 0 Å². The Morgan fingerprint density at radius 2 is 1.41 bits per heavy atom. The number of carbonyl (C=O) groups excluding carboxylic acids is 2. The zero-order valence-electron chi connectivity index (χ0n) is 19.3. The molecule has 10 heteroatoms. The van der Waals surface area contributed by atoms with E-state index < -0.39 is 59.6 Å². The zero-order chi connectivity index (χ0) is 24.8. The number of esters is 1. The van der Waals surface area contributed by atoms with Crippen LogP contribution in [0.25, 0.3) is 0 Å². The van der Waals surface area contributed by atoms with Crippen molar-refractivity contribution >= 4 is 24.1 Å². The summed E-state index contributed by atoms with van der Waals surface area (Å²) >= 11 is 0. The van der Waals surface area contributed by atoms with Crippen molar-refractivity contribution in [3.63, 3.8) is 0 Å². The number of rotatable bonds is 9. The molecule has 10 nitrogen and oxygen atoms in total. The van der Waals surface area contributed by atoms with Crippen molar-refractivity contribution in [3.8, 4) is 0 Å². The highest BCUT2D eigenvalue weighted by molar-refractivity contribution is 5.83. The van der Waals surface area contributed by atoms with Crippen molar-refractivity contribution in [3.05, 3.63) is 24.3 Å². The van der Waals surface area contributed by atoms with E-state index in [1.807, 2.05) is 24.3 Å². The molecule has 4 bridgehead atoms. The van der Waals surface area contributed by atoms with Crippen LogP contribution < -0.4 is 0 Å². The highest BCUT2D eigenvalue weighted by Gasteiger charge is 2.53. The molecule has 0 spiro atoms. The first-order valence-electron chi connectivity index (χ1n) is 11.6. The lowest BCUT2D eigenvalue weighted by Crippen LogP contribution is -2.38. The van der Waals surface area contributed by atoms with Gasteiger partial charge in [-0.05, 0) is 51.4 Å². The van der Waals surface area contributed by atoms with E-state index in [9.17, 15) is 29.4 Å². The van der Waals surface area contributed by atoms with Gasteiger partial charge in [-0.25, -0.2) is 4.79 Å². The number of allylic oxidation sites excluding steroid dienone is 3. The van der Waals surface area contributed by atoms with Crippen molar-refractivity contribution in [1.29, 1.82) is 0 Å². The lowest BCUT2D eigenvalue weighted by molar-refractivity contribution is -0.303. The first-order valence-corrected chi connectivity index (χ1v) is 11.6. The quantitative estimate of drug-likeness (QED) is 0.219. The van der Waals surface area contributed by atoms with Gasteiger partial charge >= 0.3 is 24.1 Å². The van der Waals surface area contributed by atoms with Crippen LogP contribution in [0.15, 0.2) is 24.3 Å².